The van der Waals surface area contributed by atoms with Crippen LogP contribution in [-0.4, -0.2) is 13.4 Å². The Balaban J connectivity index is 2.24. The normalized spacial score (nSPS) is 11.6. The maximum atomic E-state index is 12.0. The van der Waals surface area contributed by atoms with E-state index in [0.29, 0.717) is 9.34 Å². The summed E-state index contributed by atoms with van der Waals surface area (Å²) in [7, 11) is -3.47. The minimum absolute atomic E-state index is 0.335. The van der Waals surface area contributed by atoms with Crippen molar-refractivity contribution in [3.8, 4) is 0 Å². The smallest absolute Gasteiger partial charge is 0.254 e. The predicted molar refractivity (Wildman–Crippen MR) is 71.4 cm³/mol. The highest BCUT2D eigenvalue weighted by Gasteiger charge is 2.17. The van der Waals surface area contributed by atoms with Crippen molar-refractivity contribution in [1.82, 2.24) is 4.98 Å². The van der Waals surface area contributed by atoms with E-state index in [1.165, 1.54) is 22.7 Å². The Kier molecular flexibility index (Phi) is 3.50. The van der Waals surface area contributed by atoms with Gasteiger partial charge in [0.05, 0.1) is 5.69 Å². The number of thiophene rings is 1. The molecule has 2 heterocycles. The van der Waals surface area contributed by atoms with Gasteiger partial charge in [-0.2, -0.15) is 0 Å². The molecule has 0 atom stereocenters. The summed E-state index contributed by atoms with van der Waals surface area (Å²) in [4.78, 5) is 5.14. The molecule has 4 nitrogen and oxygen atoms in total. The topological polar surface area (TPSA) is 59.1 Å². The highest BCUT2D eigenvalue weighted by molar-refractivity contribution is 7.94. The Morgan fingerprint density at radius 1 is 1.41 bits per heavy atom. The van der Waals surface area contributed by atoms with Crippen LogP contribution < -0.4 is 4.72 Å². The summed E-state index contributed by atoms with van der Waals surface area (Å²) >= 11 is 2.58. The van der Waals surface area contributed by atoms with E-state index in [-0.39, 0.29) is 0 Å². The fraction of sp³-hybridized carbons (Fsp3) is 0.300. The lowest BCUT2D eigenvalue weighted by molar-refractivity contribution is 0.603. The molecule has 0 spiro atoms. The second-order valence-electron chi connectivity index (χ2n) is 3.47. The van der Waals surface area contributed by atoms with Crippen molar-refractivity contribution in [3.63, 3.8) is 0 Å². The second kappa shape index (κ2) is 4.75. The summed E-state index contributed by atoms with van der Waals surface area (Å²) in [5, 5.41) is 2.22. The highest BCUT2D eigenvalue weighted by atomic mass is 32.2. The van der Waals surface area contributed by atoms with Crippen LogP contribution in [0.25, 0.3) is 0 Å². The molecule has 0 fully saturated rings. The average molecular weight is 288 g/mol. The van der Waals surface area contributed by atoms with Crippen molar-refractivity contribution in [1.29, 1.82) is 0 Å². The number of nitrogens with one attached hydrogen (secondary N) is 1. The number of aryl methyl sites for hydroxylation is 2. The van der Waals surface area contributed by atoms with Crippen LogP contribution in [0.1, 0.15) is 17.5 Å². The van der Waals surface area contributed by atoms with E-state index in [1.54, 1.807) is 6.07 Å². The third-order valence-electron chi connectivity index (χ3n) is 2.09. The number of aromatic nitrogens is 1. The molecule has 17 heavy (non-hydrogen) atoms. The van der Waals surface area contributed by atoms with Crippen LogP contribution >= 0.6 is 22.7 Å². The van der Waals surface area contributed by atoms with E-state index in [4.69, 9.17) is 0 Å². The standard InChI is InChI=1S/C10H12N2O2S3/c1-3-8-4-5-9(16-8)17(13,14)12-10-11-7(2)6-15-10/h4-6H,3H2,1-2H3,(H,11,12). The third kappa shape index (κ3) is 2.85. The van der Waals surface area contributed by atoms with Crippen LogP contribution in [0.4, 0.5) is 5.13 Å². The van der Waals surface area contributed by atoms with Crippen molar-refractivity contribution in [2.75, 3.05) is 4.72 Å². The minimum atomic E-state index is -3.47. The molecule has 0 aliphatic rings. The first-order valence-electron chi connectivity index (χ1n) is 5.05. The summed E-state index contributed by atoms with van der Waals surface area (Å²) in [5.41, 5.74) is 0.813. The maximum absolute atomic E-state index is 12.0. The minimum Gasteiger partial charge on any atom is -0.254 e. The number of hydrogen-bond acceptors (Lipinski definition) is 5. The molecule has 7 heteroatoms. The van der Waals surface area contributed by atoms with E-state index in [0.717, 1.165) is 17.0 Å². The predicted octanol–water partition coefficient (Wildman–Crippen LogP) is 2.88. The average Bonchev–Trinajstić information content (AvgIpc) is 2.86. The SMILES string of the molecule is CCc1ccc(S(=O)(=O)Nc2nc(C)cs2)s1. The van der Waals surface area contributed by atoms with Crippen molar-refractivity contribution in [2.24, 2.45) is 0 Å². The molecule has 0 radical (unpaired) electrons. The molecule has 0 saturated carbocycles. The van der Waals surface area contributed by atoms with Gasteiger partial charge in [0, 0.05) is 10.3 Å². The lowest BCUT2D eigenvalue weighted by Gasteiger charge is -2.01. The molecular weight excluding hydrogens is 276 g/mol. The van der Waals surface area contributed by atoms with Gasteiger partial charge in [0.25, 0.3) is 10.0 Å². The largest absolute Gasteiger partial charge is 0.273 e. The Labute approximate surface area is 108 Å². The molecule has 0 bridgehead atoms. The molecule has 2 aromatic rings. The number of rotatable bonds is 4. The van der Waals surface area contributed by atoms with Crippen LogP contribution in [0.15, 0.2) is 21.7 Å². The van der Waals surface area contributed by atoms with Gasteiger partial charge in [-0.1, -0.05) is 6.92 Å². The van der Waals surface area contributed by atoms with Gasteiger partial charge in [-0.25, -0.2) is 13.4 Å². The summed E-state index contributed by atoms with van der Waals surface area (Å²) in [6.45, 7) is 3.83. The Hall–Kier alpha value is -0.920. The zero-order valence-corrected chi connectivity index (χ0v) is 11.9. The third-order valence-corrected chi connectivity index (χ3v) is 6.16. The highest BCUT2D eigenvalue weighted by Crippen LogP contribution is 2.25. The van der Waals surface area contributed by atoms with E-state index in [1.807, 2.05) is 25.3 Å². The molecule has 1 N–H and O–H groups in total. The van der Waals surface area contributed by atoms with Crippen molar-refractivity contribution in [2.45, 2.75) is 24.5 Å². The van der Waals surface area contributed by atoms with Crippen LogP contribution in [0, 0.1) is 6.92 Å². The first-order chi connectivity index (χ1) is 8.01. The lowest BCUT2D eigenvalue weighted by Crippen LogP contribution is -2.11. The number of nitrogens with zero attached hydrogens (tertiary/aromatic N) is 1. The summed E-state index contributed by atoms with van der Waals surface area (Å²) in [6, 6.07) is 3.47. The number of anilines is 1. The van der Waals surface area contributed by atoms with Crippen molar-refractivity contribution in [3.05, 3.63) is 28.1 Å². The molecule has 0 amide bonds. The number of hydrogen-bond donors (Lipinski definition) is 1. The molecule has 0 unspecified atom stereocenters. The molecule has 0 saturated heterocycles. The van der Waals surface area contributed by atoms with Gasteiger partial charge in [0.2, 0.25) is 0 Å². The first kappa shape index (κ1) is 12.5. The fourth-order valence-electron chi connectivity index (χ4n) is 1.26. The Bertz CT molecular complexity index is 613. The van der Waals surface area contributed by atoms with Crippen LogP contribution in [0.5, 0.6) is 0 Å². The summed E-state index contributed by atoms with van der Waals surface area (Å²) in [5.74, 6) is 0. The van der Waals surface area contributed by atoms with Gasteiger partial charge < -0.3 is 0 Å². The number of sulfonamides is 1. The molecule has 92 valence electrons. The maximum Gasteiger partial charge on any atom is 0.273 e. The molecule has 2 aromatic heterocycles. The molecule has 2 rings (SSSR count). The molecule has 0 aromatic carbocycles. The van der Waals surface area contributed by atoms with E-state index in [2.05, 4.69) is 9.71 Å². The van der Waals surface area contributed by atoms with Gasteiger partial charge in [-0.15, -0.1) is 22.7 Å². The monoisotopic (exact) mass is 288 g/mol. The zero-order valence-electron chi connectivity index (χ0n) is 9.43. The van der Waals surface area contributed by atoms with Gasteiger partial charge in [-0.3, -0.25) is 4.72 Å². The second-order valence-corrected chi connectivity index (χ2v) is 7.41. The van der Waals surface area contributed by atoms with Crippen molar-refractivity contribution < 1.29 is 8.42 Å². The van der Waals surface area contributed by atoms with Gasteiger partial charge in [0.1, 0.15) is 4.21 Å². The molecule has 0 aliphatic heterocycles. The van der Waals surface area contributed by atoms with Gasteiger partial charge in [-0.05, 0) is 25.5 Å². The van der Waals surface area contributed by atoms with Crippen LogP contribution in [-0.2, 0) is 16.4 Å². The van der Waals surface area contributed by atoms with Crippen LogP contribution in [0.2, 0.25) is 0 Å². The van der Waals surface area contributed by atoms with E-state index in [9.17, 15) is 8.42 Å². The quantitative estimate of drug-likeness (QED) is 0.941. The van der Waals surface area contributed by atoms with E-state index >= 15 is 0 Å². The summed E-state index contributed by atoms with van der Waals surface area (Å²) < 4.78 is 26.8. The zero-order chi connectivity index (χ0) is 12.5. The van der Waals surface area contributed by atoms with Gasteiger partial charge >= 0.3 is 0 Å². The molecular formula is C10H12N2O2S3. The first-order valence-corrected chi connectivity index (χ1v) is 8.23. The Morgan fingerprint density at radius 3 is 2.71 bits per heavy atom. The van der Waals surface area contributed by atoms with Crippen LogP contribution in [0.3, 0.4) is 0 Å². The molecule has 0 aliphatic carbocycles. The number of thiazole rings is 1. The van der Waals surface area contributed by atoms with Gasteiger partial charge in [0.15, 0.2) is 5.13 Å². The van der Waals surface area contributed by atoms with Crippen molar-refractivity contribution >= 4 is 37.8 Å². The fourth-order valence-corrected chi connectivity index (χ4v) is 4.50. The summed E-state index contributed by atoms with van der Waals surface area (Å²) in [6.07, 6.45) is 0.844. The van der Waals surface area contributed by atoms with E-state index < -0.39 is 10.0 Å². The Morgan fingerprint density at radius 2 is 2.18 bits per heavy atom. The lowest BCUT2D eigenvalue weighted by atomic mass is 10.4.